The molecule has 0 amide bonds. The van der Waals surface area contributed by atoms with Crippen molar-refractivity contribution >= 4 is 17.2 Å². The molecule has 0 spiro atoms. The van der Waals surface area contributed by atoms with Crippen LogP contribution in [0.15, 0.2) is 23.4 Å². The number of hydrogen-bond donors (Lipinski definition) is 2. The highest BCUT2D eigenvalue weighted by Crippen LogP contribution is 2.28. The molecule has 1 aromatic rings. The number of nitro benzene ring substituents is 1. The number of amidine groups is 1. The van der Waals surface area contributed by atoms with E-state index in [1.54, 1.807) is 19.2 Å². The number of nitrogens with two attached hydrogens (primary N) is 1. The molecular weight excluding hydrogens is 248 g/mol. The molecule has 0 radical (unpaired) electrons. The summed E-state index contributed by atoms with van der Waals surface area (Å²) in [6.45, 7) is 4.77. The van der Waals surface area contributed by atoms with Gasteiger partial charge >= 0.3 is 0 Å². The molecular formula is C12H18N4O3. The highest BCUT2D eigenvalue weighted by Gasteiger charge is 2.19. The molecule has 0 fully saturated rings. The van der Waals surface area contributed by atoms with E-state index in [1.807, 2.05) is 18.7 Å². The minimum atomic E-state index is -0.472. The van der Waals surface area contributed by atoms with Crippen molar-refractivity contribution in [2.45, 2.75) is 13.8 Å². The van der Waals surface area contributed by atoms with Crippen LogP contribution >= 0.6 is 0 Å². The van der Waals surface area contributed by atoms with Crippen LogP contribution in [0.1, 0.15) is 19.4 Å². The smallest absolute Gasteiger partial charge is 0.293 e. The van der Waals surface area contributed by atoms with Gasteiger partial charge in [0.25, 0.3) is 5.69 Å². The van der Waals surface area contributed by atoms with Crippen LogP contribution in [0.5, 0.6) is 0 Å². The van der Waals surface area contributed by atoms with Gasteiger partial charge in [0.2, 0.25) is 0 Å². The molecule has 1 rings (SSSR count). The zero-order valence-corrected chi connectivity index (χ0v) is 11.2. The van der Waals surface area contributed by atoms with Gasteiger partial charge in [-0.25, -0.2) is 0 Å². The van der Waals surface area contributed by atoms with E-state index in [4.69, 9.17) is 10.9 Å². The Hall–Kier alpha value is -2.31. The van der Waals surface area contributed by atoms with E-state index in [0.29, 0.717) is 23.7 Å². The van der Waals surface area contributed by atoms with Gasteiger partial charge in [-0.15, -0.1) is 0 Å². The number of nitro groups is 1. The quantitative estimate of drug-likeness (QED) is 0.278. The van der Waals surface area contributed by atoms with Crippen molar-refractivity contribution in [1.82, 2.24) is 0 Å². The summed E-state index contributed by atoms with van der Waals surface area (Å²) in [5.74, 6) is 0.231. The largest absolute Gasteiger partial charge is 0.409 e. The average Bonchev–Trinajstić information content (AvgIpc) is 2.36. The summed E-state index contributed by atoms with van der Waals surface area (Å²) in [4.78, 5) is 12.5. The van der Waals surface area contributed by atoms with Crippen molar-refractivity contribution in [3.8, 4) is 0 Å². The molecule has 104 valence electrons. The Bertz CT molecular complexity index is 500. The summed E-state index contributed by atoms with van der Waals surface area (Å²) >= 11 is 0. The van der Waals surface area contributed by atoms with Crippen LogP contribution in [0.25, 0.3) is 0 Å². The van der Waals surface area contributed by atoms with Gasteiger partial charge in [0.05, 0.1) is 4.92 Å². The zero-order valence-electron chi connectivity index (χ0n) is 11.2. The predicted octanol–water partition coefficient (Wildman–Crippen LogP) is 1.78. The number of benzene rings is 1. The summed E-state index contributed by atoms with van der Waals surface area (Å²) in [5, 5.41) is 22.5. The second-order valence-corrected chi connectivity index (χ2v) is 4.72. The third-order valence-corrected chi connectivity index (χ3v) is 2.63. The SMILES string of the molecule is CC(C)CN(C)c1ccc(C(N)=NO)cc1[N+](=O)[O-]. The molecule has 0 bridgehead atoms. The predicted molar refractivity (Wildman–Crippen MR) is 73.7 cm³/mol. The maximum absolute atomic E-state index is 11.1. The molecule has 0 heterocycles. The van der Waals surface area contributed by atoms with Crippen molar-refractivity contribution < 1.29 is 10.1 Å². The summed E-state index contributed by atoms with van der Waals surface area (Å²) in [6, 6.07) is 4.50. The van der Waals surface area contributed by atoms with Crippen LogP contribution in [-0.2, 0) is 0 Å². The Labute approximate surface area is 111 Å². The van der Waals surface area contributed by atoms with E-state index in [1.165, 1.54) is 6.07 Å². The monoisotopic (exact) mass is 266 g/mol. The summed E-state index contributed by atoms with van der Waals surface area (Å²) in [6.07, 6.45) is 0. The standard InChI is InChI=1S/C12H18N4O3/c1-8(2)7-15(3)10-5-4-9(12(13)14-17)6-11(10)16(18)19/h4-6,8,17H,7H2,1-3H3,(H2,13,14). The number of oxime groups is 1. The van der Waals surface area contributed by atoms with Crippen molar-refractivity contribution in [2.24, 2.45) is 16.8 Å². The van der Waals surface area contributed by atoms with Crippen LogP contribution in [-0.4, -0.2) is 29.6 Å². The number of rotatable bonds is 5. The normalized spacial score (nSPS) is 11.7. The van der Waals surface area contributed by atoms with Gasteiger partial charge in [-0.05, 0) is 18.1 Å². The summed E-state index contributed by atoms with van der Waals surface area (Å²) in [7, 11) is 1.80. The number of anilines is 1. The van der Waals surface area contributed by atoms with Gasteiger partial charge < -0.3 is 15.8 Å². The first kappa shape index (κ1) is 14.7. The van der Waals surface area contributed by atoms with E-state index in [-0.39, 0.29) is 11.5 Å². The molecule has 0 aliphatic rings. The fourth-order valence-corrected chi connectivity index (χ4v) is 1.86. The van der Waals surface area contributed by atoms with Gasteiger partial charge in [0, 0.05) is 25.2 Å². The lowest BCUT2D eigenvalue weighted by Crippen LogP contribution is -2.23. The van der Waals surface area contributed by atoms with Crippen LogP contribution in [0, 0.1) is 16.0 Å². The third-order valence-electron chi connectivity index (χ3n) is 2.63. The lowest BCUT2D eigenvalue weighted by atomic mass is 10.1. The first-order valence-electron chi connectivity index (χ1n) is 5.84. The van der Waals surface area contributed by atoms with Gasteiger partial charge in [0.1, 0.15) is 5.69 Å². The zero-order chi connectivity index (χ0) is 14.6. The van der Waals surface area contributed by atoms with Crippen molar-refractivity contribution in [1.29, 1.82) is 0 Å². The second kappa shape index (κ2) is 6.03. The van der Waals surface area contributed by atoms with Gasteiger partial charge in [-0.3, -0.25) is 10.1 Å². The maximum Gasteiger partial charge on any atom is 0.293 e. The molecule has 0 saturated carbocycles. The molecule has 0 aliphatic carbocycles. The second-order valence-electron chi connectivity index (χ2n) is 4.72. The fourth-order valence-electron chi connectivity index (χ4n) is 1.86. The van der Waals surface area contributed by atoms with Gasteiger partial charge in [-0.2, -0.15) is 0 Å². The molecule has 19 heavy (non-hydrogen) atoms. The van der Waals surface area contributed by atoms with Crippen molar-refractivity contribution in [2.75, 3.05) is 18.5 Å². The van der Waals surface area contributed by atoms with E-state index in [2.05, 4.69) is 5.16 Å². The Kier molecular flexibility index (Phi) is 4.68. The highest BCUT2D eigenvalue weighted by atomic mass is 16.6. The molecule has 7 nitrogen and oxygen atoms in total. The average molecular weight is 266 g/mol. The molecule has 0 aromatic heterocycles. The molecule has 0 saturated heterocycles. The van der Waals surface area contributed by atoms with E-state index >= 15 is 0 Å². The fraction of sp³-hybridized carbons (Fsp3) is 0.417. The van der Waals surface area contributed by atoms with Crippen molar-refractivity contribution in [3.05, 3.63) is 33.9 Å². The summed E-state index contributed by atoms with van der Waals surface area (Å²) in [5.41, 5.74) is 6.19. The topological polar surface area (TPSA) is 105 Å². The lowest BCUT2D eigenvalue weighted by Gasteiger charge is -2.21. The summed E-state index contributed by atoms with van der Waals surface area (Å²) < 4.78 is 0. The van der Waals surface area contributed by atoms with Crippen LogP contribution < -0.4 is 10.6 Å². The van der Waals surface area contributed by atoms with Gasteiger partial charge in [-0.1, -0.05) is 19.0 Å². The number of hydrogen-bond acceptors (Lipinski definition) is 5. The van der Waals surface area contributed by atoms with E-state index in [0.717, 1.165) is 0 Å². The first-order chi connectivity index (χ1) is 8.86. The molecule has 7 heteroatoms. The van der Waals surface area contributed by atoms with Gasteiger partial charge in [0.15, 0.2) is 5.84 Å². The van der Waals surface area contributed by atoms with E-state index in [9.17, 15) is 10.1 Å². The molecule has 1 aromatic carbocycles. The first-order valence-corrected chi connectivity index (χ1v) is 5.84. The van der Waals surface area contributed by atoms with Crippen LogP contribution in [0.4, 0.5) is 11.4 Å². The Morgan fingerprint density at radius 1 is 1.58 bits per heavy atom. The van der Waals surface area contributed by atoms with Crippen molar-refractivity contribution in [3.63, 3.8) is 0 Å². The Morgan fingerprint density at radius 3 is 2.68 bits per heavy atom. The third kappa shape index (κ3) is 3.57. The molecule has 0 unspecified atom stereocenters. The Balaban J connectivity index is 3.22. The minimum Gasteiger partial charge on any atom is -0.409 e. The Morgan fingerprint density at radius 2 is 2.21 bits per heavy atom. The molecule has 0 atom stereocenters. The minimum absolute atomic E-state index is 0.0627. The number of nitrogens with zero attached hydrogens (tertiary/aromatic N) is 3. The molecule has 3 N–H and O–H groups in total. The maximum atomic E-state index is 11.1. The van der Waals surface area contributed by atoms with E-state index < -0.39 is 4.92 Å². The lowest BCUT2D eigenvalue weighted by molar-refractivity contribution is -0.384. The van der Waals surface area contributed by atoms with Crippen LogP contribution in [0.3, 0.4) is 0 Å². The highest BCUT2D eigenvalue weighted by molar-refractivity contribution is 5.98. The van der Waals surface area contributed by atoms with Crippen LogP contribution in [0.2, 0.25) is 0 Å². The molecule has 0 aliphatic heterocycles.